The minimum absolute atomic E-state index is 0.140. The molecule has 1 heterocycles. The molecule has 0 atom stereocenters. The predicted octanol–water partition coefficient (Wildman–Crippen LogP) is 0.975. The number of carbonyl (C=O) groups excluding carboxylic acids is 1. The maximum Gasteiger partial charge on any atom is 0.320 e. The standard InChI is InChI=1S/C18H28FN3O3/c1-2-24-18(23)15-22-12-10-21(11-13-22)9-7-20-8-14-25-17-5-3-16(19)4-6-17/h3-6,20H,2,7-15H2,1H3. The van der Waals surface area contributed by atoms with E-state index in [1.807, 2.05) is 6.92 Å². The van der Waals surface area contributed by atoms with Crippen LogP contribution in [0.2, 0.25) is 0 Å². The summed E-state index contributed by atoms with van der Waals surface area (Å²) >= 11 is 0. The van der Waals surface area contributed by atoms with Crippen molar-refractivity contribution in [2.24, 2.45) is 0 Å². The summed E-state index contributed by atoms with van der Waals surface area (Å²) < 4.78 is 23.3. The van der Waals surface area contributed by atoms with E-state index in [2.05, 4.69) is 15.1 Å². The van der Waals surface area contributed by atoms with Crippen LogP contribution in [0.25, 0.3) is 0 Å². The van der Waals surface area contributed by atoms with Crippen LogP contribution >= 0.6 is 0 Å². The topological polar surface area (TPSA) is 54.0 Å². The molecule has 25 heavy (non-hydrogen) atoms. The number of esters is 1. The molecule has 140 valence electrons. The zero-order chi connectivity index (χ0) is 17.9. The van der Waals surface area contributed by atoms with E-state index in [0.717, 1.165) is 45.8 Å². The van der Waals surface area contributed by atoms with E-state index in [4.69, 9.17) is 9.47 Å². The van der Waals surface area contributed by atoms with Crippen LogP contribution < -0.4 is 10.1 Å². The van der Waals surface area contributed by atoms with Gasteiger partial charge in [-0.15, -0.1) is 0 Å². The smallest absolute Gasteiger partial charge is 0.320 e. The fourth-order valence-electron chi connectivity index (χ4n) is 2.69. The Morgan fingerprint density at radius 3 is 2.48 bits per heavy atom. The maximum absolute atomic E-state index is 12.8. The van der Waals surface area contributed by atoms with Crippen molar-refractivity contribution in [2.75, 3.05) is 65.6 Å². The van der Waals surface area contributed by atoms with Crippen molar-refractivity contribution in [1.82, 2.24) is 15.1 Å². The molecule has 1 aliphatic heterocycles. The molecule has 7 heteroatoms. The second kappa shape index (κ2) is 11.0. The Kier molecular flexibility index (Phi) is 8.65. The number of hydrogen-bond acceptors (Lipinski definition) is 6. The molecule has 0 bridgehead atoms. The molecular weight excluding hydrogens is 325 g/mol. The van der Waals surface area contributed by atoms with Gasteiger partial charge in [0, 0.05) is 45.8 Å². The summed E-state index contributed by atoms with van der Waals surface area (Å²) in [6.45, 7) is 9.55. The molecule has 1 saturated heterocycles. The van der Waals surface area contributed by atoms with Gasteiger partial charge < -0.3 is 14.8 Å². The number of hydrogen-bond donors (Lipinski definition) is 1. The number of halogens is 1. The summed E-state index contributed by atoms with van der Waals surface area (Å²) in [5.41, 5.74) is 0. The zero-order valence-electron chi connectivity index (χ0n) is 14.9. The third-order valence-corrected chi connectivity index (χ3v) is 4.09. The second-order valence-electron chi connectivity index (χ2n) is 5.98. The van der Waals surface area contributed by atoms with Gasteiger partial charge in [-0.2, -0.15) is 0 Å². The van der Waals surface area contributed by atoms with Gasteiger partial charge in [0.2, 0.25) is 0 Å². The summed E-state index contributed by atoms with van der Waals surface area (Å²) in [5, 5.41) is 3.35. The first kappa shape index (κ1) is 19.6. The molecule has 1 aromatic rings. The molecule has 0 radical (unpaired) electrons. The van der Waals surface area contributed by atoms with Crippen molar-refractivity contribution in [3.05, 3.63) is 30.1 Å². The summed E-state index contributed by atoms with van der Waals surface area (Å²) in [4.78, 5) is 16.0. The minimum atomic E-state index is -0.257. The number of nitrogens with zero attached hydrogens (tertiary/aromatic N) is 2. The number of rotatable bonds is 10. The highest BCUT2D eigenvalue weighted by atomic mass is 19.1. The fourth-order valence-corrected chi connectivity index (χ4v) is 2.69. The zero-order valence-corrected chi connectivity index (χ0v) is 14.9. The summed E-state index contributed by atoms with van der Waals surface area (Å²) in [5.74, 6) is 0.285. The minimum Gasteiger partial charge on any atom is -0.492 e. The van der Waals surface area contributed by atoms with Crippen LogP contribution in [0.3, 0.4) is 0 Å². The van der Waals surface area contributed by atoms with Crippen LogP contribution in [0.4, 0.5) is 4.39 Å². The molecule has 1 aromatic carbocycles. The number of piperazine rings is 1. The quantitative estimate of drug-likeness (QED) is 0.500. The molecule has 1 N–H and O–H groups in total. The first-order chi connectivity index (χ1) is 12.2. The molecule has 0 saturated carbocycles. The summed E-state index contributed by atoms with van der Waals surface area (Å²) in [7, 11) is 0. The van der Waals surface area contributed by atoms with Gasteiger partial charge in [0.15, 0.2) is 0 Å². The highest BCUT2D eigenvalue weighted by Crippen LogP contribution is 2.10. The summed E-state index contributed by atoms with van der Waals surface area (Å²) in [6.07, 6.45) is 0. The Bertz CT molecular complexity index is 505. The normalized spacial score (nSPS) is 15.9. The number of carbonyl (C=O) groups is 1. The first-order valence-corrected chi connectivity index (χ1v) is 8.87. The van der Waals surface area contributed by atoms with Crippen LogP contribution in [0.15, 0.2) is 24.3 Å². The third-order valence-electron chi connectivity index (χ3n) is 4.09. The molecular formula is C18H28FN3O3. The maximum atomic E-state index is 12.8. The Labute approximate surface area is 148 Å². The first-order valence-electron chi connectivity index (χ1n) is 8.87. The van der Waals surface area contributed by atoms with Gasteiger partial charge in [0.1, 0.15) is 18.2 Å². The van der Waals surface area contributed by atoms with E-state index in [1.54, 1.807) is 12.1 Å². The molecule has 1 aliphatic rings. The lowest BCUT2D eigenvalue weighted by Crippen LogP contribution is -2.49. The van der Waals surface area contributed by atoms with Crippen LogP contribution in [-0.2, 0) is 9.53 Å². The van der Waals surface area contributed by atoms with Crippen LogP contribution in [0.5, 0.6) is 5.75 Å². The molecule has 0 unspecified atom stereocenters. The van der Waals surface area contributed by atoms with Gasteiger partial charge >= 0.3 is 5.97 Å². The van der Waals surface area contributed by atoms with Crippen molar-refractivity contribution in [2.45, 2.75) is 6.92 Å². The predicted molar refractivity (Wildman–Crippen MR) is 94.3 cm³/mol. The lowest BCUT2D eigenvalue weighted by molar-refractivity contribution is -0.144. The van der Waals surface area contributed by atoms with Gasteiger partial charge in [-0.3, -0.25) is 14.6 Å². The van der Waals surface area contributed by atoms with Crippen molar-refractivity contribution in [3.63, 3.8) is 0 Å². The molecule has 0 aliphatic carbocycles. The Balaban J connectivity index is 1.48. The van der Waals surface area contributed by atoms with Gasteiger partial charge in [-0.1, -0.05) is 0 Å². The molecule has 0 aromatic heterocycles. The van der Waals surface area contributed by atoms with Gasteiger partial charge in [-0.05, 0) is 31.2 Å². The van der Waals surface area contributed by atoms with Crippen molar-refractivity contribution >= 4 is 5.97 Å². The van der Waals surface area contributed by atoms with E-state index < -0.39 is 0 Å². The van der Waals surface area contributed by atoms with Gasteiger partial charge in [0.25, 0.3) is 0 Å². The van der Waals surface area contributed by atoms with Gasteiger partial charge in [-0.25, -0.2) is 4.39 Å². The Morgan fingerprint density at radius 2 is 1.80 bits per heavy atom. The van der Waals surface area contributed by atoms with E-state index in [0.29, 0.717) is 25.5 Å². The van der Waals surface area contributed by atoms with Crippen LogP contribution in [0.1, 0.15) is 6.92 Å². The average Bonchev–Trinajstić information content (AvgIpc) is 2.61. The lowest BCUT2D eigenvalue weighted by atomic mass is 10.3. The molecule has 1 fully saturated rings. The third kappa shape index (κ3) is 7.81. The highest BCUT2D eigenvalue weighted by Gasteiger charge is 2.18. The largest absolute Gasteiger partial charge is 0.492 e. The van der Waals surface area contributed by atoms with Crippen LogP contribution in [0, 0.1) is 5.82 Å². The SMILES string of the molecule is CCOC(=O)CN1CCN(CCNCCOc2ccc(F)cc2)CC1. The number of benzene rings is 1. The molecule has 0 amide bonds. The fraction of sp³-hybridized carbons (Fsp3) is 0.611. The Morgan fingerprint density at radius 1 is 1.12 bits per heavy atom. The average molecular weight is 353 g/mol. The van der Waals surface area contributed by atoms with E-state index in [-0.39, 0.29) is 11.8 Å². The van der Waals surface area contributed by atoms with E-state index >= 15 is 0 Å². The number of nitrogens with one attached hydrogen (secondary N) is 1. The highest BCUT2D eigenvalue weighted by molar-refractivity contribution is 5.71. The molecule has 6 nitrogen and oxygen atoms in total. The Hall–Kier alpha value is -1.70. The van der Waals surface area contributed by atoms with E-state index in [1.165, 1.54) is 12.1 Å². The van der Waals surface area contributed by atoms with Crippen LogP contribution in [-0.4, -0.2) is 81.3 Å². The lowest BCUT2D eigenvalue weighted by Gasteiger charge is -2.34. The number of ether oxygens (including phenoxy) is 2. The second-order valence-corrected chi connectivity index (χ2v) is 5.98. The van der Waals surface area contributed by atoms with Crippen molar-refractivity contribution in [3.8, 4) is 5.75 Å². The monoisotopic (exact) mass is 353 g/mol. The van der Waals surface area contributed by atoms with Gasteiger partial charge in [0.05, 0.1) is 13.2 Å². The molecule has 2 rings (SSSR count). The van der Waals surface area contributed by atoms with Crippen molar-refractivity contribution in [1.29, 1.82) is 0 Å². The van der Waals surface area contributed by atoms with E-state index in [9.17, 15) is 9.18 Å². The van der Waals surface area contributed by atoms with Crippen molar-refractivity contribution < 1.29 is 18.7 Å². The molecule has 0 spiro atoms. The summed E-state index contributed by atoms with van der Waals surface area (Å²) in [6, 6.07) is 6.05.